The van der Waals surface area contributed by atoms with Crippen molar-refractivity contribution in [1.82, 2.24) is 0 Å². The SMILES string of the molecule is CCCCCC1(CCCC)OCCCO1. The van der Waals surface area contributed by atoms with E-state index in [1.165, 1.54) is 32.1 Å². The lowest BCUT2D eigenvalue weighted by atomic mass is 10.0. The standard InChI is InChI=1S/C13H26O2/c1-3-5-7-10-13(9-6-4-2)14-11-8-12-15-13/h3-12H2,1-2H3. The Balaban J connectivity index is 2.35. The van der Waals surface area contributed by atoms with Crippen molar-refractivity contribution in [2.24, 2.45) is 0 Å². The van der Waals surface area contributed by atoms with Gasteiger partial charge in [-0.3, -0.25) is 0 Å². The summed E-state index contributed by atoms with van der Waals surface area (Å²) in [4.78, 5) is 0. The van der Waals surface area contributed by atoms with Crippen LogP contribution in [0.3, 0.4) is 0 Å². The van der Waals surface area contributed by atoms with Crippen molar-refractivity contribution in [1.29, 1.82) is 0 Å². The molecule has 0 saturated carbocycles. The Morgan fingerprint density at radius 2 is 1.47 bits per heavy atom. The van der Waals surface area contributed by atoms with Gasteiger partial charge in [-0.2, -0.15) is 0 Å². The summed E-state index contributed by atoms with van der Waals surface area (Å²) in [7, 11) is 0. The third-order valence-electron chi connectivity index (χ3n) is 3.09. The van der Waals surface area contributed by atoms with Crippen LogP contribution in [0.15, 0.2) is 0 Å². The van der Waals surface area contributed by atoms with Crippen molar-refractivity contribution in [3.8, 4) is 0 Å². The summed E-state index contributed by atoms with van der Waals surface area (Å²) in [5.41, 5.74) is 0. The molecule has 2 nitrogen and oxygen atoms in total. The van der Waals surface area contributed by atoms with Crippen LogP contribution in [0.4, 0.5) is 0 Å². The van der Waals surface area contributed by atoms with E-state index in [2.05, 4.69) is 13.8 Å². The van der Waals surface area contributed by atoms with Gasteiger partial charge in [-0.1, -0.05) is 33.1 Å². The van der Waals surface area contributed by atoms with Gasteiger partial charge in [0.25, 0.3) is 0 Å². The molecule has 15 heavy (non-hydrogen) atoms. The molecule has 90 valence electrons. The normalized spacial score (nSPS) is 20.4. The average molecular weight is 214 g/mol. The van der Waals surface area contributed by atoms with Crippen LogP contribution >= 0.6 is 0 Å². The van der Waals surface area contributed by atoms with Crippen molar-refractivity contribution < 1.29 is 9.47 Å². The highest BCUT2D eigenvalue weighted by molar-refractivity contribution is 4.73. The van der Waals surface area contributed by atoms with Gasteiger partial charge >= 0.3 is 0 Å². The fourth-order valence-corrected chi connectivity index (χ4v) is 2.12. The van der Waals surface area contributed by atoms with Crippen molar-refractivity contribution in [2.45, 2.75) is 71.0 Å². The van der Waals surface area contributed by atoms with Crippen LogP contribution in [-0.4, -0.2) is 19.0 Å². The van der Waals surface area contributed by atoms with Gasteiger partial charge in [0.15, 0.2) is 5.79 Å². The highest BCUT2D eigenvalue weighted by Crippen LogP contribution is 2.30. The molecular formula is C13H26O2. The van der Waals surface area contributed by atoms with E-state index in [-0.39, 0.29) is 5.79 Å². The van der Waals surface area contributed by atoms with Crippen LogP contribution < -0.4 is 0 Å². The average Bonchev–Trinajstić information content (AvgIpc) is 2.28. The van der Waals surface area contributed by atoms with Crippen LogP contribution in [0.2, 0.25) is 0 Å². The molecule has 0 amide bonds. The minimum absolute atomic E-state index is 0.219. The second-order valence-electron chi connectivity index (χ2n) is 4.52. The molecule has 1 aliphatic rings. The molecule has 1 heterocycles. The van der Waals surface area contributed by atoms with E-state index in [0.29, 0.717) is 0 Å². The first-order valence-corrected chi connectivity index (χ1v) is 6.61. The minimum atomic E-state index is -0.219. The van der Waals surface area contributed by atoms with Crippen LogP contribution in [0.25, 0.3) is 0 Å². The summed E-state index contributed by atoms with van der Waals surface area (Å²) in [6, 6.07) is 0. The zero-order chi connectivity index (χ0) is 11.0. The van der Waals surface area contributed by atoms with Gasteiger partial charge in [0, 0.05) is 12.8 Å². The van der Waals surface area contributed by atoms with E-state index in [0.717, 1.165) is 32.5 Å². The lowest BCUT2D eigenvalue weighted by Crippen LogP contribution is -2.40. The molecular weight excluding hydrogens is 188 g/mol. The molecule has 0 aromatic heterocycles. The van der Waals surface area contributed by atoms with Crippen LogP contribution in [-0.2, 0) is 9.47 Å². The third-order valence-corrected chi connectivity index (χ3v) is 3.09. The molecule has 1 rings (SSSR count). The van der Waals surface area contributed by atoms with Crippen molar-refractivity contribution in [3.63, 3.8) is 0 Å². The first-order chi connectivity index (χ1) is 7.33. The monoisotopic (exact) mass is 214 g/mol. The molecule has 0 N–H and O–H groups in total. The van der Waals surface area contributed by atoms with Crippen LogP contribution in [0, 0.1) is 0 Å². The number of ether oxygens (including phenoxy) is 2. The Kier molecular flexibility index (Phi) is 6.26. The van der Waals surface area contributed by atoms with E-state index < -0.39 is 0 Å². The largest absolute Gasteiger partial charge is 0.350 e. The fraction of sp³-hybridized carbons (Fsp3) is 1.00. The zero-order valence-corrected chi connectivity index (χ0v) is 10.4. The van der Waals surface area contributed by atoms with E-state index in [1.54, 1.807) is 0 Å². The van der Waals surface area contributed by atoms with Gasteiger partial charge < -0.3 is 9.47 Å². The molecule has 1 fully saturated rings. The summed E-state index contributed by atoms with van der Waals surface area (Å²) in [5.74, 6) is -0.219. The third kappa shape index (κ3) is 4.52. The first-order valence-electron chi connectivity index (χ1n) is 6.61. The fourth-order valence-electron chi connectivity index (χ4n) is 2.12. The molecule has 2 heteroatoms. The van der Waals surface area contributed by atoms with Gasteiger partial charge in [0.2, 0.25) is 0 Å². The van der Waals surface area contributed by atoms with E-state index >= 15 is 0 Å². The lowest BCUT2D eigenvalue weighted by Gasteiger charge is -2.37. The predicted molar refractivity (Wildman–Crippen MR) is 62.9 cm³/mol. The Morgan fingerprint density at radius 1 is 0.867 bits per heavy atom. The lowest BCUT2D eigenvalue weighted by molar-refractivity contribution is -0.274. The maximum absolute atomic E-state index is 5.89. The van der Waals surface area contributed by atoms with Crippen molar-refractivity contribution in [3.05, 3.63) is 0 Å². The highest BCUT2D eigenvalue weighted by Gasteiger charge is 2.32. The summed E-state index contributed by atoms with van der Waals surface area (Å²) in [5, 5.41) is 0. The molecule has 0 spiro atoms. The number of hydrogen-bond donors (Lipinski definition) is 0. The van der Waals surface area contributed by atoms with E-state index in [4.69, 9.17) is 9.47 Å². The first kappa shape index (κ1) is 13.0. The Morgan fingerprint density at radius 3 is 2.07 bits per heavy atom. The molecule has 1 aliphatic heterocycles. The molecule has 0 aliphatic carbocycles. The molecule has 0 unspecified atom stereocenters. The van der Waals surface area contributed by atoms with Gasteiger partial charge in [-0.05, 0) is 19.3 Å². The van der Waals surface area contributed by atoms with E-state index in [1.807, 2.05) is 0 Å². The second-order valence-corrected chi connectivity index (χ2v) is 4.52. The van der Waals surface area contributed by atoms with Crippen LogP contribution in [0.1, 0.15) is 65.2 Å². The molecule has 0 atom stereocenters. The molecule has 0 aromatic carbocycles. The summed E-state index contributed by atoms with van der Waals surface area (Å²) in [6.45, 7) is 6.23. The summed E-state index contributed by atoms with van der Waals surface area (Å²) >= 11 is 0. The maximum atomic E-state index is 5.89. The van der Waals surface area contributed by atoms with Gasteiger partial charge in [-0.25, -0.2) is 0 Å². The Labute approximate surface area is 94.3 Å². The van der Waals surface area contributed by atoms with Crippen LogP contribution in [0.5, 0.6) is 0 Å². The summed E-state index contributed by atoms with van der Waals surface area (Å²) < 4.78 is 11.8. The zero-order valence-electron chi connectivity index (χ0n) is 10.4. The Hall–Kier alpha value is -0.0800. The van der Waals surface area contributed by atoms with Crippen molar-refractivity contribution >= 4 is 0 Å². The van der Waals surface area contributed by atoms with E-state index in [9.17, 15) is 0 Å². The second kappa shape index (κ2) is 7.24. The van der Waals surface area contributed by atoms with Gasteiger partial charge in [0.1, 0.15) is 0 Å². The minimum Gasteiger partial charge on any atom is -0.350 e. The molecule has 0 bridgehead atoms. The summed E-state index contributed by atoms with van der Waals surface area (Å²) in [6.07, 6.45) is 9.45. The van der Waals surface area contributed by atoms with Gasteiger partial charge in [0.05, 0.1) is 13.2 Å². The maximum Gasteiger partial charge on any atom is 0.168 e. The van der Waals surface area contributed by atoms with Crippen molar-refractivity contribution in [2.75, 3.05) is 13.2 Å². The highest BCUT2D eigenvalue weighted by atomic mass is 16.7. The molecule has 0 radical (unpaired) electrons. The Bertz CT molecular complexity index is 151. The molecule has 0 aromatic rings. The predicted octanol–water partition coefficient (Wildman–Crippen LogP) is 3.89. The topological polar surface area (TPSA) is 18.5 Å². The molecule has 1 saturated heterocycles. The quantitative estimate of drug-likeness (QED) is 0.599. The number of rotatable bonds is 7. The van der Waals surface area contributed by atoms with Gasteiger partial charge in [-0.15, -0.1) is 0 Å². The number of unbranched alkanes of at least 4 members (excludes halogenated alkanes) is 3. The smallest absolute Gasteiger partial charge is 0.168 e. The number of hydrogen-bond acceptors (Lipinski definition) is 2.